The summed E-state index contributed by atoms with van der Waals surface area (Å²) in [6.45, 7) is 3.91. The molecule has 4 nitrogen and oxygen atoms in total. The summed E-state index contributed by atoms with van der Waals surface area (Å²) >= 11 is 0. The molecule has 4 heteroatoms. The van der Waals surface area contributed by atoms with Gasteiger partial charge in [-0.05, 0) is 18.4 Å². The van der Waals surface area contributed by atoms with E-state index < -0.39 is 0 Å². The molecule has 0 aliphatic heterocycles. The molecule has 1 aromatic rings. The van der Waals surface area contributed by atoms with Crippen LogP contribution in [-0.2, 0) is 6.42 Å². The van der Waals surface area contributed by atoms with Crippen LogP contribution in [0.4, 0.5) is 0 Å². The number of nitrogens with zero attached hydrogens (tertiary/aromatic N) is 2. The highest BCUT2D eigenvalue weighted by Crippen LogP contribution is 2.08. The third kappa shape index (κ3) is 2.59. The molecule has 0 bridgehead atoms. The van der Waals surface area contributed by atoms with Crippen molar-refractivity contribution in [3.63, 3.8) is 0 Å². The molecular weight excluding hydrogens is 204 g/mol. The minimum absolute atomic E-state index is 0.313. The number of rotatable bonds is 4. The molecule has 0 atom stereocenters. The molecule has 1 rings (SSSR count). The van der Waals surface area contributed by atoms with Crippen LogP contribution in [0.25, 0.3) is 0 Å². The highest BCUT2D eigenvalue weighted by Gasteiger charge is 2.11. The van der Waals surface area contributed by atoms with E-state index in [-0.39, 0.29) is 0 Å². The summed E-state index contributed by atoms with van der Waals surface area (Å²) in [5.74, 6) is 0. The van der Waals surface area contributed by atoms with E-state index in [2.05, 4.69) is 17.2 Å². The molecule has 0 radical (unpaired) electrons. The average Bonchev–Trinajstić information content (AvgIpc) is 2.36. The molecule has 16 heavy (non-hydrogen) atoms. The first kappa shape index (κ1) is 12.2. The summed E-state index contributed by atoms with van der Waals surface area (Å²) in [7, 11) is 0. The first-order valence-corrected chi connectivity index (χ1v) is 5.29. The van der Waals surface area contributed by atoms with Crippen molar-refractivity contribution in [2.75, 3.05) is 0 Å². The Morgan fingerprint density at radius 1 is 1.06 bits per heavy atom. The van der Waals surface area contributed by atoms with Crippen molar-refractivity contribution >= 4 is 11.4 Å². The van der Waals surface area contributed by atoms with Gasteiger partial charge in [-0.3, -0.25) is 0 Å². The topological polar surface area (TPSA) is 65.2 Å². The Hall–Kier alpha value is -1.84. The van der Waals surface area contributed by atoms with Gasteiger partial charge in [0.05, 0.1) is 0 Å². The zero-order valence-corrected chi connectivity index (χ0v) is 9.51. The number of oxime groups is 2. The minimum Gasteiger partial charge on any atom is -0.411 e. The van der Waals surface area contributed by atoms with Crippen LogP contribution in [0.2, 0.25) is 0 Å². The van der Waals surface area contributed by atoms with Crippen LogP contribution in [0, 0.1) is 0 Å². The molecule has 0 saturated heterocycles. The third-order valence-corrected chi connectivity index (χ3v) is 2.46. The Kier molecular flexibility index (Phi) is 4.51. The third-order valence-electron chi connectivity index (χ3n) is 2.46. The summed E-state index contributed by atoms with van der Waals surface area (Å²) in [5, 5.41) is 24.0. The van der Waals surface area contributed by atoms with E-state index in [0.717, 1.165) is 12.0 Å². The summed E-state index contributed by atoms with van der Waals surface area (Å²) in [5.41, 5.74) is 2.63. The lowest BCUT2D eigenvalue weighted by Gasteiger charge is -2.05. The summed E-state index contributed by atoms with van der Waals surface area (Å²) in [6, 6.07) is 7.64. The summed E-state index contributed by atoms with van der Waals surface area (Å²) < 4.78 is 0. The molecular formula is C12H16N2O2. The zero-order valence-electron chi connectivity index (χ0n) is 9.51. The molecule has 0 unspecified atom stereocenters. The monoisotopic (exact) mass is 220 g/mol. The SMILES string of the molecule is CCC(=N\O)/C(=N/O)c1ccc(CC)cc1. The smallest absolute Gasteiger partial charge is 0.134 e. The van der Waals surface area contributed by atoms with Gasteiger partial charge in [0.25, 0.3) is 0 Å². The first-order valence-electron chi connectivity index (χ1n) is 5.29. The summed E-state index contributed by atoms with van der Waals surface area (Å²) in [6.07, 6.45) is 1.46. The van der Waals surface area contributed by atoms with E-state index in [4.69, 9.17) is 10.4 Å². The maximum Gasteiger partial charge on any atom is 0.134 e. The van der Waals surface area contributed by atoms with Crippen LogP contribution in [0.3, 0.4) is 0 Å². The fourth-order valence-corrected chi connectivity index (χ4v) is 1.47. The second-order valence-corrected chi connectivity index (χ2v) is 3.40. The predicted octanol–water partition coefficient (Wildman–Crippen LogP) is 2.67. The van der Waals surface area contributed by atoms with Crippen molar-refractivity contribution in [1.29, 1.82) is 0 Å². The first-order chi connectivity index (χ1) is 7.76. The molecule has 0 amide bonds. The fourth-order valence-electron chi connectivity index (χ4n) is 1.47. The van der Waals surface area contributed by atoms with Crippen LogP contribution >= 0.6 is 0 Å². The average molecular weight is 220 g/mol. The van der Waals surface area contributed by atoms with Crippen molar-refractivity contribution in [1.82, 2.24) is 0 Å². The Labute approximate surface area is 94.9 Å². The molecule has 0 aliphatic rings. The van der Waals surface area contributed by atoms with Crippen LogP contribution < -0.4 is 0 Å². The van der Waals surface area contributed by atoms with Gasteiger partial charge in [0.1, 0.15) is 11.4 Å². The highest BCUT2D eigenvalue weighted by atomic mass is 16.4. The molecule has 0 fully saturated rings. The normalized spacial score (nSPS) is 12.9. The summed E-state index contributed by atoms with van der Waals surface area (Å²) in [4.78, 5) is 0. The van der Waals surface area contributed by atoms with Gasteiger partial charge in [0, 0.05) is 5.56 Å². The Morgan fingerprint density at radius 3 is 2.06 bits per heavy atom. The number of hydrogen-bond acceptors (Lipinski definition) is 4. The second-order valence-electron chi connectivity index (χ2n) is 3.40. The highest BCUT2D eigenvalue weighted by molar-refractivity contribution is 6.48. The van der Waals surface area contributed by atoms with Gasteiger partial charge < -0.3 is 10.4 Å². The van der Waals surface area contributed by atoms with Crippen LogP contribution in [0.1, 0.15) is 31.4 Å². The van der Waals surface area contributed by atoms with Crippen LogP contribution in [-0.4, -0.2) is 21.8 Å². The van der Waals surface area contributed by atoms with Crippen molar-refractivity contribution in [3.05, 3.63) is 35.4 Å². The van der Waals surface area contributed by atoms with Gasteiger partial charge in [-0.2, -0.15) is 0 Å². The molecule has 0 heterocycles. The van der Waals surface area contributed by atoms with Crippen LogP contribution in [0.5, 0.6) is 0 Å². The molecule has 2 N–H and O–H groups in total. The Balaban J connectivity index is 3.05. The lowest BCUT2D eigenvalue weighted by molar-refractivity contribution is 0.313. The van der Waals surface area contributed by atoms with E-state index >= 15 is 0 Å². The maximum atomic E-state index is 8.93. The lowest BCUT2D eigenvalue weighted by Crippen LogP contribution is -2.15. The standard InChI is InChI=1S/C12H16N2O2/c1-3-9-5-7-10(8-6-9)12(14-16)11(4-2)13-15/h5-8,15-16H,3-4H2,1-2H3/b13-11+,14-12+. The van der Waals surface area contributed by atoms with Gasteiger partial charge in [-0.1, -0.05) is 48.4 Å². The molecule has 0 spiro atoms. The largest absolute Gasteiger partial charge is 0.411 e. The van der Waals surface area contributed by atoms with Crippen molar-refractivity contribution in [3.8, 4) is 0 Å². The van der Waals surface area contributed by atoms with Crippen molar-refractivity contribution in [2.45, 2.75) is 26.7 Å². The van der Waals surface area contributed by atoms with Crippen molar-refractivity contribution < 1.29 is 10.4 Å². The zero-order chi connectivity index (χ0) is 12.0. The van der Waals surface area contributed by atoms with E-state index in [9.17, 15) is 0 Å². The maximum absolute atomic E-state index is 8.93. The van der Waals surface area contributed by atoms with Gasteiger partial charge >= 0.3 is 0 Å². The van der Waals surface area contributed by atoms with Gasteiger partial charge in [-0.25, -0.2) is 0 Å². The van der Waals surface area contributed by atoms with E-state index in [1.54, 1.807) is 0 Å². The van der Waals surface area contributed by atoms with Crippen molar-refractivity contribution in [2.24, 2.45) is 10.3 Å². The molecule has 0 aliphatic carbocycles. The van der Waals surface area contributed by atoms with Gasteiger partial charge in [-0.15, -0.1) is 0 Å². The quantitative estimate of drug-likeness (QED) is 0.465. The molecule has 0 aromatic heterocycles. The fraction of sp³-hybridized carbons (Fsp3) is 0.333. The molecule has 0 saturated carbocycles. The Morgan fingerprint density at radius 2 is 1.69 bits per heavy atom. The van der Waals surface area contributed by atoms with E-state index in [0.29, 0.717) is 17.8 Å². The minimum atomic E-state index is 0.313. The Bertz CT molecular complexity index is 394. The number of benzene rings is 1. The lowest BCUT2D eigenvalue weighted by atomic mass is 10.0. The van der Waals surface area contributed by atoms with E-state index in [1.165, 1.54) is 5.56 Å². The predicted molar refractivity (Wildman–Crippen MR) is 63.7 cm³/mol. The second kappa shape index (κ2) is 5.90. The number of hydrogen-bond donors (Lipinski definition) is 2. The van der Waals surface area contributed by atoms with Gasteiger partial charge in [0.2, 0.25) is 0 Å². The molecule has 86 valence electrons. The van der Waals surface area contributed by atoms with Gasteiger partial charge in [0.15, 0.2) is 0 Å². The van der Waals surface area contributed by atoms with Crippen LogP contribution in [0.15, 0.2) is 34.6 Å². The number of aryl methyl sites for hydroxylation is 1. The molecule has 1 aromatic carbocycles. The van der Waals surface area contributed by atoms with E-state index in [1.807, 2.05) is 31.2 Å².